The van der Waals surface area contributed by atoms with Gasteiger partial charge in [-0.15, -0.1) is 0 Å². The minimum Gasteiger partial charge on any atom is -0.389 e. The number of aryl methyl sites for hydroxylation is 2. The Labute approximate surface area is 123 Å². The predicted molar refractivity (Wildman–Crippen MR) is 85.5 cm³/mol. The largest absolute Gasteiger partial charge is 0.389 e. The third kappa shape index (κ3) is 3.33. The first-order chi connectivity index (χ1) is 9.47. The van der Waals surface area contributed by atoms with E-state index in [0.29, 0.717) is 22.7 Å². The summed E-state index contributed by atoms with van der Waals surface area (Å²) in [5.74, 6) is -0.130. The van der Waals surface area contributed by atoms with Crippen LogP contribution in [0.4, 0.5) is 10.1 Å². The highest BCUT2D eigenvalue weighted by Crippen LogP contribution is 2.16. The molecule has 2 aromatic carbocycles. The number of rotatable bonds is 4. The van der Waals surface area contributed by atoms with Crippen LogP contribution in [0.3, 0.4) is 0 Å². The lowest BCUT2D eigenvalue weighted by atomic mass is 10.1. The number of halogens is 1. The van der Waals surface area contributed by atoms with E-state index in [9.17, 15) is 4.39 Å². The van der Waals surface area contributed by atoms with E-state index in [-0.39, 0.29) is 5.82 Å². The van der Waals surface area contributed by atoms with Crippen LogP contribution < -0.4 is 11.1 Å². The molecule has 2 nitrogen and oxygen atoms in total. The Balaban J connectivity index is 2.07. The lowest BCUT2D eigenvalue weighted by molar-refractivity contribution is 0.608. The summed E-state index contributed by atoms with van der Waals surface area (Å²) in [7, 11) is 0. The van der Waals surface area contributed by atoms with Crippen molar-refractivity contribution in [2.24, 2.45) is 5.73 Å². The van der Waals surface area contributed by atoms with Gasteiger partial charge in [0.05, 0.1) is 0 Å². The smallest absolute Gasteiger partial charge is 0.129 e. The van der Waals surface area contributed by atoms with Crippen LogP contribution in [0.5, 0.6) is 0 Å². The highest BCUT2D eigenvalue weighted by Gasteiger charge is 2.04. The van der Waals surface area contributed by atoms with Gasteiger partial charge >= 0.3 is 0 Å². The zero-order chi connectivity index (χ0) is 14.7. The van der Waals surface area contributed by atoms with E-state index in [1.165, 1.54) is 0 Å². The average molecular weight is 288 g/mol. The van der Waals surface area contributed by atoms with Crippen LogP contribution in [0.15, 0.2) is 36.4 Å². The summed E-state index contributed by atoms with van der Waals surface area (Å²) >= 11 is 4.91. The summed E-state index contributed by atoms with van der Waals surface area (Å²) in [4.78, 5) is 0.390. The first kappa shape index (κ1) is 14.5. The van der Waals surface area contributed by atoms with Gasteiger partial charge in [-0.1, -0.05) is 24.4 Å². The van der Waals surface area contributed by atoms with E-state index in [1.54, 1.807) is 13.8 Å². The summed E-state index contributed by atoms with van der Waals surface area (Å²) in [5, 5.41) is 3.29. The van der Waals surface area contributed by atoms with Crippen molar-refractivity contribution in [3.63, 3.8) is 0 Å². The van der Waals surface area contributed by atoms with Crippen molar-refractivity contribution in [2.45, 2.75) is 20.4 Å². The van der Waals surface area contributed by atoms with E-state index in [1.807, 2.05) is 36.4 Å². The molecule has 0 fully saturated rings. The second-order valence-electron chi connectivity index (χ2n) is 4.84. The van der Waals surface area contributed by atoms with Crippen LogP contribution in [0.25, 0.3) is 0 Å². The van der Waals surface area contributed by atoms with Gasteiger partial charge in [-0.3, -0.25) is 0 Å². The summed E-state index contributed by atoms with van der Waals surface area (Å²) < 4.78 is 13.5. The normalized spacial score (nSPS) is 10.3. The molecule has 20 heavy (non-hydrogen) atoms. The van der Waals surface area contributed by atoms with Gasteiger partial charge < -0.3 is 11.1 Å². The number of anilines is 1. The Morgan fingerprint density at radius 3 is 2.20 bits per heavy atom. The number of nitrogens with two attached hydrogens (primary N) is 1. The van der Waals surface area contributed by atoms with Crippen LogP contribution in [0.2, 0.25) is 0 Å². The molecule has 0 aliphatic heterocycles. The van der Waals surface area contributed by atoms with Crippen LogP contribution >= 0.6 is 12.2 Å². The van der Waals surface area contributed by atoms with Crippen LogP contribution in [-0.2, 0) is 6.54 Å². The number of benzene rings is 2. The third-order valence-electron chi connectivity index (χ3n) is 3.16. The molecule has 0 radical (unpaired) electrons. The van der Waals surface area contributed by atoms with Gasteiger partial charge in [0.2, 0.25) is 0 Å². The molecule has 0 aromatic heterocycles. The summed E-state index contributed by atoms with van der Waals surface area (Å²) in [6.07, 6.45) is 0. The molecule has 0 bridgehead atoms. The Hall–Kier alpha value is -1.94. The summed E-state index contributed by atoms with van der Waals surface area (Å²) in [6, 6.07) is 11.3. The van der Waals surface area contributed by atoms with Crippen LogP contribution in [-0.4, -0.2) is 4.99 Å². The van der Waals surface area contributed by atoms with Gasteiger partial charge in [0.1, 0.15) is 10.8 Å². The number of nitrogens with one attached hydrogen (secondary N) is 1. The molecule has 0 unspecified atom stereocenters. The molecule has 2 aromatic rings. The van der Waals surface area contributed by atoms with E-state index in [0.717, 1.165) is 16.8 Å². The maximum atomic E-state index is 13.5. The lowest BCUT2D eigenvalue weighted by Crippen LogP contribution is -2.09. The number of hydrogen-bond donors (Lipinski definition) is 2. The van der Waals surface area contributed by atoms with E-state index in [4.69, 9.17) is 18.0 Å². The molecule has 0 heterocycles. The monoisotopic (exact) mass is 288 g/mol. The Morgan fingerprint density at radius 2 is 1.70 bits per heavy atom. The van der Waals surface area contributed by atoms with Gasteiger partial charge in [-0.05, 0) is 54.8 Å². The van der Waals surface area contributed by atoms with E-state index < -0.39 is 0 Å². The van der Waals surface area contributed by atoms with Crippen LogP contribution in [0, 0.1) is 19.7 Å². The number of thiocarbonyl (C=S) groups is 1. The van der Waals surface area contributed by atoms with Gasteiger partial charge in [-0.2, -0.15) is 0 Å². The van der Waals surface area contributed by atoms with Crippen molar-refractivity contribution < 1.29 is 4.39 Å². The van der Waals surface area contributed by atoms with Crippen molar-refractivity contribution in [3.05, 3.63) is 64.5 Å². The molecule has 0 saturated carbocycles. The first-order valence-electron chi connectivity index (χ1n) is 6.36. The van der Waals surface area contributed by atoms with E-state index >= 15 is 0 Å². The van der Waals surface area contributed by atoms with Gasteiger partial charge in [0.25, 0.3) is 0 Å². The van der Waals surface area contributed by atoms with E-state index in [2.05, 4.69) is 5.32 Å². The molecule has 4 heteroatoms. The fraction of sp³-hybridized carbons (Fsp3) is 0.188. The Kier molecular flexibility index (Phi) is 4.35. The lowest BCUT2D eigenvalue weighted by Gasteiger charge is -2.10. The van der Waals surface area contributed by atoms with Gasteiger partial charge in [0, 0.05) is 17.8 Å². The fourth-order valence-corrected chi connectivity index (χ4v) is 2.23. The van der Waals surface area contributed by atoms with Crippen molar-refractivity contribution in [1.29, 1.82) is 0 Å². The molecule has 0 amide bonds. The highest BCUT2D eigenvalue weighted by molar-refractivity contribution is 7.80. The molecule has 0 atom stereocenters. The number of hydrogen-bond acceptors (Lipinski definition) is 2. The minimum absolute atomic E-state index is 0.130. The van der Waals surface area contributed by atoms with Crippen molar-refractivity contribution in [3.8, 4) is 0 Å². The zero-order valence-electron chi connectivity index (χ0n) is 11.5. The molecule has 0 aliphatic rings. The topological polar surface area (TPSA) is 38.0 Å². The molecule has 0 spiro atoms. The average Bonchev–Trinajstić information content (AvgIpc) is 2.42. The second kappa shape index (κ2) is 6.01. The standard InChI is InChI=1S/C16H17FN2S/c1-10-7-12(8-11(2)15(10)17)9-19-14-5-3-13(4-6-14)16(18)20/h3-8,19H,9H2,1-2H3,(H2,18,20). The molecule has 0 aliphatic carbocycles. The Bertz CT molecular complexity index is 612. The quantitative estimate of drug-likeness (QED) is 0.843. The zero-order valence-corrected chi connectivity index (χ0v) is 12.4. The highest BCUT2D eigenvalue weighted by atomic mass is 32.1. The molecule has 0 saturated heterocycles. The molecule has 2 rings (SSSR count). The molecule has 104 valence electrons. The molecular weight excluding hydrogens is 271 g/mol. The van der Waals surface area contributed by atoms with Crippen LogP contribution in [0.1, 0.15) is 22.3 Å². The summed E-state index contributed by atoms with van der Waals surface area (Å²) in [6.45, 7) is 4.21. The first-order valence-corrected chi connectivity index (χ1v) is 6.77. The van der Waals surface area contributed by atoms with Crippen molar-refractivity contribution in [2.75, 3.05) is 5.32 Å². The Morgan fingerprint density at radius 1 is 1.15 bits per heavy atom. The van der Waals surface area contributed by atoms with Crippen molar-refractivity contribution in [1.82, 2.24) is 0 Å². The molecule has 3 N–H and O–H groups in total. The molecular formula is C16H17FN2S. The SMILES string of the molecule is Cc1cc(CNc2ccc(C(N)=S)cc2)cc(C)c1F. The van der Waals surface area contributed by atoms with Gasteiger partial charge in [-0.25, -0.2) is 4.39 Å². The third-order valence-corrected chi connectivity index (χ3v) is 3.40. The maximum absolute atomic E-state index is 13.5. The predicted octanol–water partition coefficient (Wildman–Crippen LogP) is 3.69. The second-order valence-corrected chi connectivity index (χ2v) is 5.28. The van der Waals surface area contributed by atoms with Gasteiger partial charge in [0.15, 0.2) is 0 Å². The fourth-order valence-electron chi connectivity index (χ4n) is 2.09. The summed E-state index contributed by atoms with van der Waals surface area (Å²) in [5.41, 5.74) is 9.77. The maximum Gasteiger partial charge on any atom is 0.129 e. The minimum atomic E-state index is -0.130. The van der Waals surface area contributed by atoms with Crippen molar-refractivity contribution >= 4 is 22.9 Å².